The quantitative estimate of drug-likeness (QED) is 0.928. The molecule has 3 rings (SSSR count). The molecule has 124 valence electrons. The zero-order valence-electron chi connectivity index (χ0n) is 13.2. The van der Waals surface area contributed by atoms with Gasteiger partial charge in [0.1, 0.15) is 22.6 Å². The molecule has 2 aromatic rings. The summed E-state index contributed by atoms with van der Waals surface area (Å²) in [6.07, 6.45) is 1.66. The molecule has 3 heterocycles. The number of urea groups is 1. The number of aryl methyl sites for hydroxylation is 2. The predicted molar refractivity (Wildman–Crippen MR) is 86.6 cm³/mol. The number of nitrogens with zero attached hydrogens (tertiary/aromatic N) is 3. The fraction of sp³-hybridized carbons (Fsp3) is 0.533. The maximum Gasteiger partial charge on any atom is 0.323 e. The van der Waals surface area contributed by atoms with Crippen LogP contribution >= 0.6 is 11.3 Å². The third-order valence-electron chi connectivity index (χ3n) is 3.58. The van der Waals surface area contributed by atoms with Crippen molar-refractivity contribution in [3.05, 3.63) is 28.7 Å². The Bertz CT molecular complexity index is 669. The number of carbonyl (C=O) groups is 1. The minimum absolute atomic E-state index is 0.180. The van der Waals surface area contributed by atoms with Crippen LogP contribution in [0, 0.1) is 6.92 Å². The van der Waals surface area contributed by atoms with E-state index in [1.807, 2.05) is 19.1 Å². The maximum atomic E-state index is 12.4. The summed E-state index contributed by atoms with van der Waals surface area (Å²) in [5.41, 5.74) is 0. The van der Waals surface area contributed by atoms with E-state index in [0.29, 0.717) is 24.8 Å². The van der Waals surface area contributed by atoms with Crippen molar-refractivity contribution in [1.29, 1.82) is 0 Å². The fourth-order valence-corrected chi connectivity index (χ4v) is 3.25. The third-order valence-corrected chi connectivity index (χ3v) is 4.48. The van der Waals surface area contributed by atoms with Gasteiger partial charge >= 0.3 is 6.03 Å². The molecule has 1 atom stereocenters. The number of hydrogen-bond acceptors (Lipinski definition) is 6. The first-order valence-corrected chi connectivity index (χ1v) is 8.53. The number of amides is 2. The van der Waals surface area contributed by atoms with E-state index in [1.165, 1.54) is 11.3 Å². The van der Waals surface area contributed by atoms with Gasteiger partial charge in [-0.25, -0.2) is 4.79 Å². The van der Waals surface area contributed by atoms with Gasteiger partial charge in [0.2, 0.25) is 5.13 Å². The van der Waals surface area contributed by atoms with E-state index < -0.39 is 0 Å². The molecule has 0 saturated carbocycles. The molecule has 0 unspecified atom stereocenters. The van der Waals surface area contributed by atoms with E-state index in [2.05, 4.69) is 22.4 Å². The Hall–Kier alpha value is -1.93. The molecular weight excluding hydrogens is 316 g/mol. The largest absolute Gasteiger partial charge is 0.464 e. The van der Waals surface area contributed by atoms with Gasteiger partial charge in [-0.15, -0.1) is 10.2 Å². The van der Waals surface area contributed by atoms with Crippen LogP contribution in [-0.2, 0) is 11.2 Å². The number of nitrogens with one attached hydrogen (secondary N) is 1. The van der Waals surface area contributed by atoms with Crippen LogP contribution in [0.5, 0.6) is 0 Å². The highest BCUT2D eigenvalue weighted by molar-refractivity contribution is 7.15. The molecule has 1 saturated heterocycles. The second-order valence-corrected chi connectivity index (χ2v) is 6.50. The lowest BCUT2D eigenvalue weighted by atomic mass is 10.2. The number of ether oxygens (including phenoxy) is 1. The van der Waals surface area contributed by atoms with E-state index in [9.17, 15) is 4.79 Å². The minimum atomic E-state index is -0.228. The average molecular weight is 336 g/mol. The Morgan fingerprint density at radius 1 is 1.48 bits per heavy atom. The molecule has 2 aromatic heterocycles. The maximum absolute atomic E-state index is 12.4. The number of carbonyl (C=O) groups excluding carboxylic acids is 1. The number of anilines is 1. The predicted octanol–water partition coefficient (Wildman–Crippen LogP) is 3.00. The molecule has 8 heteroatoms. The molecule has 1 aliphatic rings. The van der Waals surface area contributed by atoms with Crippen molar-refractivity contribution in [1.82, 2.24) is 15.1 Å². The van der Waals surface area contributed by atoms with Crippen LogP contribution in [0.1, 0.15) is 36.0 Å². The van der Waals surface area contributed by atoms with Crippen LogP contribution in [0.25, 0.3) is 0 Å². The van der Waals surface area contributed by atoms with Gasteiger partial charge in [-0.1, -0.05) is 18.3 Å². The van der Waals surface area contributed by atoms with Crippen molar-refractivity contribution in [3.63, 3.8) is 0 Å². The lowest BCUT2D eigenvalue weighted by molar-refractivity contribution is -0.0246. The summed E-state index contributed by atoms with van der Waals surface area (Å²) in [5, 5.41) is 12.4. The summed E-state index contributed by atoms with van der Waals surface area (Å²) < 4.78 is 11.3. The van der Waals surface area contributed by atoms with Gasteiger partial charge in [0.05, 0.1) is 13.2 Å². The average Bonchev–Trinajstić information content (AvgIpc) is 3.17. The highest BCUT2D eigenvalue weighted by Gasteiger charge is 2.27. The van der Waals surface area contributed by atoms with Crippen LogP contribution < -0.4 is 5.32 Å². The molecule has 0 bridgehead atoms. The van der Waals surface area contributed by atoms with E-state index in [-0.39, 0.29) is 12.1 Å². The number of furan rings is 1. The number of hydrogen-bond donors (Lipinski definition) is 1. The summed E-state index contributed by atoms with van der Waals surface area (Å²) in [6, 6.07) is 3.61. The van der Waals surface area contributed by atoms with Crippen LogP contribution in [0.2, 0.25) is 0 Å². The Morgan fingerprint density at radius 2 is 2.35 bits per heavy atom. The molecule has 0 aromatic carbocycles. The van der Waals surface area contributed by atoms with E-state index in [0.717, 1.165) is 29.4 Å². The molecular formula is C15H20N4O3S. The van der Waals surface area contributed by atoms with Crippen LogP contribution in [-0.4, -0.2) is 40.8 Å². The second kappa shape index (κ2) is 7.10. The second-order valence-electron chi connectivity index (χ2n) is 5.43. The lowest BCUT2D eigenvalue weighted by Crippen LogP contribution is -2.44. The lowest BCUT2D eigenvalue weighted by Gasteiger charge is -2.31. The van der Waals surface area contributed by atoms with Gasteiger partial charge in [0.25, 0.3) is 0 Å². The third kappa shape index (κ3) is 3.89. The minimum Gasteiger partial charge on any atom is -0.464 e. The van der Waals surface area contributed by atoms with E-state index in [1.54, 1.807) is 4.90 Å². The summed E-state index contributed by atoms with van der Waals surface area (Å²) in [6.45, 7) is 5.46. The van der Waals surface area contributed by atoms with Crippen molar-refractivity contribution < 1.29 is 13.9 Å². The fourth-order valence-electron chi connectivity index (χ4n) is 2.42. The molecule has 1 aliphatic heterocycles. The van der Waals surface area contributed by atoms with Crippen molar-refractivity contribution in [3.8, 4) is 0 Å². The van der Waals surface area contributed by atoms with Crippen LogP contribution in [0.3, 0.4) is 0 Å². The van der Waals surface area contributed by atoms with Gasteiger partial charge in [0, 0.05) is 13.0 Å². The molecule has 0 radical (unpaired) electrons. The van der Waals surface area contributed by atoms with Gasteiger partial charge < -0.3 is 14.1 Å². The zero-order valence-corrected chi connectivity index (χ0v) is 14.1. The van der Waals surface area contributed by atoms with Crippen molar-refractivity contribution in [2.45, 2.75) is 32.8 Å². The standard InChI is InChI=1S/C15H20N4O3S/c1-3-4-13-17-18-14(23-13)16-15(20)19-7-8-21-12(9-19)11-6-5-10(2)22-11/h5-6,12H,3-4,7-9H2,1-2H3,(H,16,18,20)/t12-/m1/s1. The molecule has 0 spiro atoms. The van der Waals surface area contributed by atoms with Gasteiger partial charge in [-0.3, -0.25) is 5.32 Å². The van der Waals surface area contributed by atoms with E-state index >= 15 is 0 Å². The van der Waals surface area contributed by atoms with Crippen molar-refractivity contribution in [2.24, 2.45) is 0 Å². The summed E-state index contributed by atoms with van der Waals surface area (Å²) in [7, 11) is 0. The smallest absolute Gasteiger partial charge is 0.323 e. The normalized spacial score (nSPS) is 18.2. The van der Waals surface area contributed by atoms with E-state index in [4.69, 9.17) is 9.15 Å². The highest BCUT2D eigenvalue weighted by Crippen LogP contribution is 2.25. The first kappa shape index (κ1) is 15.9. The van der Waals surface area contributed by atoms with Crippen molar-refractivity contribution in [2.75, 3.05) is 25.0 Å². The summed E-state index contributed by atoms with van der Waals surface area (Å²) in [4.78, 5) is 14.1. The highest BCUT2D eigenvalue weighted by atomic mass is 32.1. The number of morpholine rings is 1. The van der Waals surface area contributed by atoms with Gasteiger partial charge in [0.15, 0.2) is 0 Å². The Kier molecular flexibility index (Phi) is 4.92. The van der Waals surface area contributed by atoms with Gasteiger partial charge in [-0.2, -0.15) is 0 Å². The molecule has 0 aliphatic carbocycles. The summed E-state index contributed by atoms with van der Waals surface area (Å²) in [5.74, 6) is 1.59. The SMILES string of the molecule is CCCc1nnc(NC(=O)N2CCO[C@@H](c3ccc(C)o3)C2)s1. The Morgan fingerprint density at radius 3 is 3.09 bits per heavy atom. The van der Waals surface area contributed by atoms with Crippen LogP contribution in [0.15, 0.2) is 16.5 Å². The summed E-state index contributed by atoms with van der Waals surface area (Å²) >= 11 is 1.42. The zero-order chi connectivity index (χ0) is 16.2. The number of rotatable bonds is 4. The molecule has 23 heavy (non-hydrogen) atoms. The molecule has 2 amide bonds. The van der Waals surface area contributed by atoms with Crippen molar-refractivity contribution >= 4 is 22.5 Å². The topological polar surface area (TPSA) is 80.5 Å². The van der Waals surface area contributed by atoms with Gasteiger partial charge in [-0.05, 0) is 25.5 Å². The van der Waals surface area contributed by atoms with Crippen LogP contribution in [0.4, 0.5) is 9.93 Å². The first-order chi connectivity index (χ1) is 11.2. The Labute approximate surface area is 138 Å². The Balaban J connectivity index is 1.60. The number of aromatic nitrogens is 2. The molecule has 1 fully saturated rings. The molecule has 7 nitrogen and oxygen atoms in total. The monoisotopic (exact) mass is 336 g/mol. The first-order valence-electron chi connectivity index (χ1n) is 7.72. The molecule has 1 N–H and O–H groups in total.